The van der Waals surface area contributed by atoms with E-state index in [1.165, 1.54) is 12.5 Å². The molecule has 1 rings (SSSR count). The average Bonchev–Trinajstić information content (AvgIpc) is 2.29. The van der Waals surface area contributed by atoms with Crippen LogP contribution in [-0.4, -0.2) is 34.9 Å². The van der Waals surface area contributed by atoms with Crippen molar-refractivity contribution >= 4 is 5.97 Å². The molecule has 1 aromatic rings. The zero-order valence-electron chi connectivity index (χ0n) is 10.2. The summed E-state index contributed by atoms with van der Waals surface area (Å²) in [6.07, 6.45) is 0. The summed E-state index contributed by atoms with van der Waals surface area (Å²) < 4.78 is 0. The van der Waals surface area contributed by atoms with Crippen molar-refractivity contribution in [2.45, 2.75) is 25.4 Å². The van der Waals surface area contributed by atoms with Crippen molar-refractivity contribution in [1.29, 1.82) is 0 Å². The summed E-state index contributed by atoms with van der Waals surface area (Å²) >= 11 is 0. The van der Waals surface area contributed by atoms with Crippen LogP contribution in [0.5, 0.6) is 0 Å². The Balaban J connectivity index is 2.40. The molecule has 4 nitrogen and oxygen atoms in total. The van der Waals surface area contributed by atoms with Crippen LogP contribution in [0.2, 0.25) is 0 Å². The summed E-state index contributed by atoms with van der Waals surface area (Å²) in [5.74, 6) is -0.932. The average molecular weight is 237 g/mol. The van der Waals surface area contributed by atoms with E-state index in [1.54, 1.807) is 0 Å². The summed E-state index contributed by atoms with van der Waals surface area (Å²) in [4.78, 5) is 10.7. The molecule has 94 valence electrons. The Morgan fingerprint density at radius 3 is 2.53 bits per heavy atom. The lowest BCUT2D eigenvalue weighted by molar-refractivity contribution is -0.156. The number of rotatable bonds is 6. The van der Waals surface area contributed by atoms with Crippen LogP contribution >= 0.6 is 0 Å². The Morgan fingerprint density at radius 1 is 1.41 bits per heavy atom. The van der Waals surface area contributed by atoms with Gasteiger partial charge >= 0.3 is 5.97 Å². The van der Waals surface area contributed by atoms with E-state index in [4.69, 9.17) is 5.11 Å². The molecule has 0 amide bonds. The second kappa shape index (κ2) is 5.80. The predicted molar refractivity (Wildman–Crippen MR) is 66.0 cm³/mol. The van der Waals surface area contributed by atoms with Gasteiger partial charge in [0.05, 0.1) is 0 Å². The molecule has 0 bridgehead atoms. The van der Waals surface area contributed by atoms with E-state index in [0.717, 1.165) is 0 Å². The summed E-state index contributed by atoms with van der Waals surface area (Å²) in [5, 5.41) is 21.2. The van der Waals surface area contributed by atoms with Crippen LogP contribution in [0.3, 0.4) is 0 Å². The molecule has 0 heterocycles. The van der Waals surface area contributed by atoms with E-state index in [9.17, 15) is 9.90 Å². The second-order valence-corrected chi connectivity index (χ2v) is 4.52. The van der Waals surface area contributed by atoms with Gasteiger partial charge in [-0.25, -0.2) is 4.79 Å². The van der Waals surface area contributed by atoms with Crippen molar-refractivity contribution in [3.8, 4) is 0 Å². The summed E-state index contributed by atoms with van der Waals surface area (Å²) in [7, 11) is 0. The van der Waals surface area contributed by atoms with Crippen molar-refractivity contribution < 1.29 is 15.0 Å². The number of carboxylic acids is 1. The molecule has 0 fully saturated rings. The highest BCUT2D eigenvalue weighted by Crippen LogP contribution is 2.13. The molecule has 0 aromatic heterocycles. The highest BCUT2D eigenvalue weighted by atomic mass is 16.4. The fourth-order valence-corrected chi connectivity index (χ4v) is 1.51. The minimum absolute atomic E-state index is 0.0412. The molecule has 17 heavy (non-hydrogen) atoms. The molecule has 0 radical (unpaired) electrons. The lowest BCUT2D eigenvalue weighted by Gasteiger charge is -2.20. The predicted octanol–water partition coefficient (Wildman–Crippen LogP) is 1.22. The highest BCUT2D eigenvalue weighted by Gasteiger charge is 2.29. The number of hydrogen-bond acceptors (Lipinski definition) is 3. The van der Waals surface area contributed by atoms with Gasteiger partial charge in [0, 0.05) is 13.1 Å². The fraction of sp³-hybridized carbons (Fsp3) is 0.462. The molecule has 3 N–H and O–H groups in total. The molecule has 0 aliphatic rings. The maximum atomic E-state index is 10.7. The number of aliphatic hydroxyl groups is 1. The number of aliphatic carboxylic acids is 1. The van der Waals surface area contributed by atoms with Crippen molar-refractivity contribution in [2.24, 2.45) is 0 Å². The minimum atomic E-state index is -1.71. The van der Waals surface area contributed by atoms with Crippen LogP contribution in [0, 0.1) is 0 Å². The van der Waals surface area contributed by atoms with Gasteiger partial charge in [0.2, 0.25) is 0 Å². The van der Waals surface area contributed by atoms with Crippen LogP contribution in [0.15, 0.2) is 30.3 Å². The van der Waals surface area contributed by atoms with E-state index in [1.807, 2.05) is 30.3 Å². The van der Waals surface area contributed by atoms with E-state index < -0.39 is 11.6 Å². The van der Waals surface area contributed by atoms with Gasteiger partial charge in [0.15, 0.2) is 5.60 Å². The molecule has 0 aliphatic heterocycles. The lowest BCUT2D eigenvalue weighted by Crippen LogP contribution is -2.45. The van der Waals surface area contributed by atoms with Gasteiger partial charge in [-0.2, -0.15) is 0 Å². The minimum Gasteiger partial charge on any atom is -0.479 e. The Kier molecular flexibility index (Phi) is 4.66. The third-order valence-corrected chi connectivity index (χ3v) is 2.75. The van der Waals surface area contributed by atoms with Crippen molar-refractivity contribution in [3.05, 3.63) is 35.9 Å². The van der Waals surface area contributed by atoms with Gasteiger partial charge in [-0.15, -0.1) is 0 Å². The maximum absolute atomic E-state index is 10.7. The molecule has 0 aliphatic carbocycles. The molecule has 0 saturated carbocycles. The number of nitrogens with one attached hydrogen (secondary N) is 1. The topological polar surface area (TPSA) is 69.6 Å². The Labute approximate surface area is 101 Å². The SMILES string of the molecule is CC(CNCC(C)(O)C(=O)O)c1ccccc1. The van der Waals surface area contributed by atoms with Crippen LogP contribution < -0.4 is 5.32 Å². The molecular formula is C13H19NO3. The van der Waals surface area contributed by atoms with Crippen molar-refractivity contribution in [3.63, 3.8) is 0 Å². The second-order valence-electron chi connectivity index (χ2n) is 4.52. The molecule has 2 atom stereocenters. The summed E-state index contributed by atoms with van der Waals surface area (Å²) in [6.45, 7) is 4.01. The molecule has 4 heteroatoms. The molecule has 0 spiro atoms. The monoisotopic (exact) mass is 237 g/mol. The third kappa shape index (κ3) is 4.17. The normalized spacial score (nSPS) is 16.2. The Bertz CT molecular complexity index is 362. The van der Waals surface area contributed by atoms with E-state index in [2.05, 4.69) is 12.2 Å². The van der Waals surface area contributed by atoms with Crippen molar-refractivity contribution in [2.75, 3.05) is 13.1 Å². The zero-order chi connectivity index (χ0) is 12.9. The quantitative estimate of drug-likeness (QED) is 0.695. The first kappa shape index (κ1) is 13.7. The number of carbonyl (C=O) groups is 1. The van der Waals surface area contributed by atoms with Gasteiger partial charge < -0.3 is 15.5 Å². The maximum Gasteiger partial charge on any atom is 0.336 e. The number of carboxylic acid groups (broad SMARTS) is 1. The van der Waals surface area contributed by atoms with Crippen LogP contribution in [0.4, 0.5) is 0 Å². The van der Waals surface area contributed by atoms with E-state index >= 15 is 0 Å². The van der Waals surface area contributed by atoms with Crippen LogP contribution in [-0.2, 0) is 4.79 Å². The third-order valence-electron chi connectivity index (χ3n) is 2.75. The van der Waals surface area contributed by atoms with E-state index in [0.29, 0.717) is 6.54 Å². The van der Waals surface area contributed by atoms with Gasteiger partial charge in [-0.1, -0.05) is 37.3 Å². The summed E-state index contributed by atoms with van der Waals surface area (Å²) in [5.41, 5.74) is -0.522. The molecular weight excluding hydrogens is 218 g/mol. The lowest BCUT2D eigenvalue weighted by atomic mass is 10.0. The highest BCUT2D eigenvalue weighted by molar-refractivity contribution is 5.76. The van der Waals surface area contributed by atoms with E-state index in [-0.39, 0.29) is 12.5 Å². The van der Waals surface area contributed by atoms with Gasteiger partial charge in [-0.3, -0.25) is 0 Å². The molecule has 1 aromatic carbocycles. The fourth-order valence-electron chi connectivity index (χ4n) is 1.51. The van der Waals surface area contributed by atoms with Crippen LogP contribution in [0.1, 0.15) is 25.3 Å². The Morgan fingerprint density at radius 2 is 2.00 bits per heavy atom. The first-order valence-corrected chi connectivity index (χ1v) is 5.65. The largest absolute Gasteiger partial charge is 0.479 e. The van der Waals surface area contributed by atoms with Gasteiger partial charge in [-0.05, 0) is 18.4 Å². The first-order valence-electron chi connectivity index (χ1n) is 5.65. The Hall–Kier alpha value is -1.39. The smallest absolute Gasteiger partial charge is 0.336 e. The molecule has 2 unspecified atom stereocenters. The van der Waals surface area contributed by atoms with Crippen LogP contribution in [0.25, 0.3) is 0 Å². The zero-order valence-corrected chi connectivity index (χ0v) is 10.2. The van der Waals surface area contributed by atoms with Gasteiger partial charge in [0.1, 0.15) is 0 Å². The molecule has 0 saturated heterocycles. The number of benzene rings is 1. The van der Waals surface area contributed by atoms with Crippen molar-refractivity contribution in [1.82, 2.24) is 5.32 Å². The summed E-state index contributed by atoms with van der Waals surface area (Å²) in [6, 6.07) is 9.96. The standard InChI is InChI=1S/C13H19NO3/c1-10(11-6-4-3-5-7-11)8-14-9-13(2,17)12(15)16/h3-7,10,14,17H,8-9H2,1-2H3,(H,15,16). The first-order chi connectivity index (χ1) is 7.93. The number of hydrogen-bond donors (Lipinski definition) is 3. The van der Waals surface area contributed by atoms with Gasteiger partial charge in [0.25, 0.3) is 0 Å².